The molecule has 0 aliphatic carbocycles. The Labute approximate surface area is 148 Å². The first-order valence-electron chi connectivity index (χ1n) is 8.53. The van der Waals surface area contributed by atoms with Crippen molar-refractivity contribution in [3.63, 3.8) is 0 Å². The Morgan fingerprint density at radius 1 is 1.20 bits per heavy atom. The van der Waals surface area contributed by atoms with Gasteiger partial charge in [-0.3, -0.25) is 14.6 Å². The van der Waals surface area contributed by atoms with Crippen LogP contribution in [0.3, 0.4) is 0 Å². The van der Waals surface area contributed by atoms with Crippen LogP contribution in [0.2, 0.25) is 0 Å². The van der Waals surface area contributed by atoms with Gasteiger partial charge in [0, 0.05) is 37.7 Å². The van der Waals surface area contributed by atoms with Gasteiger partial charge in [-0.2, -0.15) is 0 Å². The fourth-order valence-electron chi connectivity index (χ4n) is 2.21. The summed E-state index contributed by atoms with van der Waals surface area (Å²) in [5.74, 6) is -0.543. The Bertz CT molecular complexity index is 550. The maximum Gasteiger partial charge on any atom is 0.316 e. The van der Waals surface area contributed by atoms with E-state index in [1.807, 2.05) is 25.1 Å². The first-order chi connectivity index (χ1) is 12.0. The molecule has 1 unspecified atom stereocenters. The number of rotatable bonds is 11. The molecule has 0 bridgehead atoms. The minimum Gasteiger partial charge on any atom is -0.370 e. The third kappa shape index (κ3) is 9.95. The summed E-state index contributed by atoms with van der Waals surface area (Å²) in [5, 5.41) is 8.20. The van der Waals surface area contributed by atoms with E-state index < -0.39 is 12.1 Å². The van der Waals surface area contributed by atoms with E-state index in [0.717, 1.165) is 12.1 Å². The van der Waals surface area contributed by atoms with Crippen LogP contribution in [0.25, 0.3) is 0 Å². The van der Waals surface area contributed by atoms with E-state index in [1.54, 1.807) is 6.20 Å². The lowest BCUT2D eigenvalue weighted by atomic mass is 10.2. The Hall–Kier alpha value is -2.64. The highest BCUT2D eigenvalue weighted by Crippen LogP contribution is 2.00. The minimum absolute atomic E-state index is 0.139. The van der Waals surface area contributed by atoms with E-state index in [4.69, 9.17) is 5.73 Å². The summed E-state index contributed by atoms with van der Waals surface area (Å²) in [5.41, 5.74) is 6.00. The van der Waals surface area contributed by atoms with Crippen LogP contribution in [0.1, 0.15) is 44.7 Å². The number of nitrogens with zero attached hydrogens (tertiary/aromatic N) is 1. The summed E-state index contributed by atoms with van der Waals surface area (Å²) in [6.07, 6.45) is 4.02. The number of aromatic nitrogens is 1. The predicted octanol–water partition coefficient (Wildman–Crippen LogP) is 0.821. The maximum absolute atomic E-state index is 12.0. The molecule has 0 aromatic carbocycles. The number of primary amides is 1. The lowest BCUT2D eigenvalue weighted by Gasteiger charge is -2.20. The van der Waals surface area contributed by atoms with Crippen molar-refractivity contribution < 1.29 is 14.4 Å². The van der Waals surface area contributed by atoms with E-state index in [1.165, 1.54) is 0 Å². The standard InChI is InChI=1S/C17H27N5O3/c1-2-6-16(24)21-15(9-5-8-14(18)23)22-17(25)20-12-10-13-7-3-4-11-19-13/h3-4,7,11,15H,2,5-6,8-10,12H2,1H3,(H2,18,23)(H,21,24)(H2,20,22,25). The summed E-state index contributed by atoms with van der Waals surface area (Å²) in [7, 11) is 0. The topological polar surface area (TPSA) is 126 Å². The van der Waals surface area contributed by atoms with Gasteiger partial charge in [0.05, 0.1) is 0 Å². The van der Waals surface area contributed by atoms with E-state index in [2.05, 4.69) is 20.9 Å². The van der Waals surface area contributed by atoms with Crippen molar-refractivity contribution in [1.29, 1.82) is 0 Å². The van der Waals surface area contributed by atoms with Crippen LogP contribution in [-0.4, -0.2) is 35.5 Å². The fraction of sp³-hybridized carbons (Fsp3) is 0.529. The quantitative estimate of drug-likeness (QED) is 0.441. The molecule has 5 N–H and O–H groups in total. The van der Waals surface area contributed by atoms with Gasteiger partial charge in [-0.15, -0.1) is 0 Å². The maximum atomic E-state index is 12.0. The molecule has 1 heterocycles. The van der Waals surface area contributed by atoms with Crippen molar-refractivity contribution >= 4 is 17.8 Å². The molecule has 4 amide bonds. The highest BCUT2D eigenvalue weighted by molar-refractivity contribution is 5.78. The number of amides is 4. The lowest BCUT2D eigenvalue weighted by Crippen LogP contribution is -2.51. The molecule has 0 aliphatic rings. The predicted molar refractivity (Wildman–Crippen MR) is 94.4 cm³/mol. The normalized spacial score (nSPS) is 11.4. The van der Waals surface area contributed by atoms with Gasteiger partial charge < -0.3 is 21.7 Å². The molecular weight excluding hydrogens is 322 g/mol. The molecule has 0 radical (unpaired) electrons. The van der Waals surface area contributed by atoms with Crippen LogP contribution in [0, 0.1) is 0 Å². The first kappa shape index (κ1) is 20.4. The molecule has 138 valence electrons. The highest BCUT2D eigenvalue weighted by Gasteiger charge is 2.14. The van der Waals surface area contributed by atoms with Gasteiger partial charge >= 0.3 is 6.03 Å². The summed E-state index contributed by atoms with van der Waals surface area (Å²) in [6, 6.07) is 5.23. The second kappa shape index (κ2) is 11.8. The summed E-state index contributed by atoms with van der Waals surface area (Å²) in [6.45, 7) is 2.33. The number of carbonyl (C=O) groups is 3. The van der Waals surface area contributed by atoms with Gasteiger partial charge in [0.25, 0.3) is 0 Å². The van der Waals surface area contributed by atoms with Gasteiger partial charge in [0.2, 0.25) is 11.8 Å². The average Bonchev–Trinajstić information content (AvgIpc) is 2.55. The van der Waals surface area contributed by atoms with Crippen molar-refractivity contribution in [2.45, 2.75) is 51.6 Å². The first-order valence-corrected chi connectivity index (χ1v) is 8.53. The molecule has 8 heteroatoms. The molecule has 1 aromatic rings. The Morgan fingerprint density at radius 3 is 2.64 bits per heavy atom. The van der Waals surface area contributed by atoms with Crippen LogP contribution in [-0.2, 0) is 16.0 Å². The van der Waals surface area contributed by atoms with Gasteiger partial charge in [0.1, 0.15) is 6.17 Å². The highest BCUT2D eigenvalue weighted by atomic mass is 16.2. The van der Waals surface area contributed by atoms with Gasteiger partial charge in [-0.1, -0.05) is 13.0 Å². The Kier molecular flexibility index (Phi) is 9.65. The molecule has 8 nitrogen and oxygen atoms in total. The Balaban J connectivity index is 2.40. The molecule has 0 saturated carbocycles. The number of pyridine rings is 1. The third-order valence-electron chi connectivity index (χ3n) is 3.43. The van der Waals surface area contributed by atoms with Crippen molar-refractivity contribution in [3.8, 4) is 0 Å². The zero-order valence-electron chi connectivity index (χ0n) is 14.6. The lowest BCUT2D eigenvalue weighted by molar-refractivity contribution is -0.122. The van der Waals surface area contributed by atoms with Crippen LogP contribution in [0.5, 0.6) is 0 Å². The number of hydrogen-bond donors (Lipinski definition) is 4. The number of carbonyl (C=O) groups excluding carboxylic acids is 3. The van der Waals surface area contributed by atoms with E-state index in [-0.39, 0.29) is 18.4 Å². The van der Waals surface area contributed by atoms with E-state index in [0.29, 0.717) is 32.2 Å². The summed E-state index contributed by atoms with van der Waals surface area (Å²) < 4.78 is 0. The molecule has 1 atom stereocenters. The second-order valence-electron chi connectivity index (χ2n) is 5.70. The molecular formula is C17H27N5O3. The largest absolute Gasteiger partial charge is 0.370 e. The van der Waals surface area contributed by atoms with Crippen LogP contribution >= 0.6 is 0 Å². The average molecular weight is 349 g/mol. The van der Waals surface area contributed by atoms with Gasteiger partial charge in [-0.25, -0.2) is 4.79 Å². The van der Waals surface area contributed by atoms with Crippen molar-refractivity contribution in [1.82, 2.24) is 20.9 Å². The number of nitrogens with one attached hydrogen (secondary N) is 3. The smallest absolute Gasteiger partial charge is 0.316 e. The van der Waals surface area contributed by atoms with Crippen LogP contribution in [0.15, 0.2) is 24.4 Å². The second-order valence-corrected chi connectivity index (χ2v) is 5.70. The Morgan fingerprint density at radius 2 is 2.00 bits per heavy atom. The third-order valence-corrected chi connectivity index (χ3v) is 3.43. The van der Waals surface area contributed by atoms with E-state index >= 15 is 0 Å². The molecule has 1 rings (SSSR count). The number of urea groups is 1. The molecule has 0 aliphatic heterocycles. The van der Waals surface area contributed by atoms with E-state index in [9.17, 15) is 14.4 Å². The fourth-order valence-corrected chi connectivity index (χ4v) is 2.21. The van der Waals surface area contributed by atoms with Crippen LogP contribution < -0.4 is 21.7 Å². The zero-order valence-corrected chi connectivity index (χ0v) is 14.6. The number of hydrogen-bond acceptors (Lipinski definition) is 4. The van der Waals surface area contributed by atoms with Crippen molar-refractivity contribution in [2.24, 2.45) is 5.73 Å². The van der Waals surface area contributed by atoms with Crippen LogP contribution in [0.4, 0.5) is 4.79 Å². The van der Waals surface area contributed by atoms with Gasteiger partial charge in [0.15, 0.2) is 0 Å². The molecule has 0 saturated heterocycles. The molecule has 25 heavy (non-hydrogen) atoms. The van der Waals surface area contributed by atoms with Gasteiger partial charge in [-0.05, 0) is 31.4 Å². The number of nitrogens with two attached hydrogens (primary N) is 1. The molecule has 1 aromatic heterocycles. The zero-order chi connectivity index (χ0) is 18.5. The van der Waals surface area contributed by atoms with Crippen molar-refractivity contribution in [3.05, 3.63) is 30.1 Å². The minimum atomic E-state index is -0.534. The summed E-state index contributed by atoms with van der Waals surface area (Å²) in [4.78, 5) is 38.8. The molecule has 0 spiro atoms. The SMILES string of the molecule is CCCC(=O)NC(CCCC(N)=O)NC(=O)NCCc1ccccn1. The van der Waals surface area contributed by atoms with Crippen molar-refractivity contribution in [2.75, 3.05) is 6.54 Å². The summed E-state index contributed by atoms with van der Waals surface area (Å²) >= 11 is 0. The monoisotopic (exact) mass is 349 g/mol. The molecule has 0 fully saturated rings.